The number of benzene rings is 1. The third-order valence-corrected chi connectivity index (χ3v) is 4.08. The summed E-state index contributed by atoms with van der Waals surface area (Å²) in [4.78, 5) is 23.3. The maximum atomic E-state index is 14.1. The van der Waals surface area contributed by atoms with Crippen molar-refractivity contribution in [2.45, 2.75) is 31.0 Å². The van der Waals surface area contributed by atoms with Crippen LogP contribution in [0.4, 0.5) is 10.1 Å². The third kappa shape index (κ3) is 2.09. The van der Waals surface area contributed by atoms with Crippen molar-refractivity contribution in [1.29, 1.82) is 0 Å². The number of hydrogen-bond acceptors (Lipinski definition) is 2. The van der Waals surface area contributed by atoms with Crippen LogP contribution < -0.4 is 5.32 Å². The van der Waals surface area contributed by atoms with E-state index in [-0.39, 0.29) is 22.2 Å². The quantitative estimate of drug-likeness (QED) is 0.655. The highest BCUT2D eigenvalue weighted by atomic mass is 79.9. The normalized spacial score (nSPS) is 17.9. The second kappa shape index (κ2) is 4.56. The number of carbonyl (C=O) groups is 2. The lowest BCUT2D eigenvalue weighted by atomic mass is 9.85. The van der Waals surface area contributed by atoms with Gasteiger partial charge in [0.25, 0.3) is 0 Å². The molecule has 0 radical (unpaired) electrons. The number of ketones is 1. The molecule has 1 aromatic carbocycles. The molecule has 1 aromatic rings. The van der Waals surface area contributed by atoms with Gasteiger partial charge in [0.05, 0.1) is 21.5 Å². The molecule has 1 aliphatic rings. The zero-order chi connectivity index (χ0) is 14.5. The Bertz CT molecular complexity index is 599. The van der Waals surface area contributed by atoms with Crippen LogP contribution in [-0.2, 0) is 10.2 Å². The summed E-state index contributed by atoms with van der Waals surface area (Å²) < 4.78 is 14.1. The number of nitrogens with one attached hydrogen (secondary N) is 1. The molecule has 102 valence electrons. The summed E-state index contributed by atoms with van der Waals surface area (Å²) in [6.07, 6.45) is 0. The van der Waals surface area contributed by atoms with Crippen molar-refractivity contribution in [2.24, 2.45) is 0 Å². The first-order valence-electron chi connectivity index (χ1n) is 5.70. The van der Waals surface area contributed by atoms with Crippen LogP contribution in [-0.4, -0.2) is 16.5 Å². The van der Waals surface area contributed by atoms with Crippen LogP contribution in [0, 0.1) is 5.82 Å². The van der Waals surface area contributed by atoms with Gasteiger partial charge in [-0.3, -0.25) is 9.59 Å². The van der Waals surface area contributed by atoms with E-state index in [1.54, 1.807) is 20.8 Å². The molecular weight excluding hydrogens is 337 g/mol. The Hall–Kier alpha value is -0.940. The van der Waals surface area contributed by atoms with Crippen LogP contribution in [0.2, 0.25) is 5.02 Å². The molecular formula is C13H12BrClFNO2. The number of Topliss-reactive ketones (excluding diaryl/α,β-unsaturated/α-hetero) is 1. The predicted octanol–water partition coefficient (Wildman–Crippen LogP) is 3.67. The average Bonchev–Trinajstić information content (AvgIpc) is 2.55. The molecule has 0 saturated heterocycles. The molecule has 1 amide bonds. The molecule has 1 aliphatic heterocycles. The van der Waals surface area contributed by atoms with Gasteiger partial charge in [-0.15, -0.1) is 0 Å². The molecule has 3 nitrogen and oxygen atoms in total. The Morgan fingerprint density at radius 3 is 2.63 bits per heavy atom. The van der Waals surface area contributed by atoms with Gasteiger partial charge in [-0.2, -0.15) is 0 Å². The summed E-state index contributed by atoms with van der Waals surface area (Å²) in [6.45, 7) is 5.01. The van der Waals surface area contributed by atoms with E-state index in [9.17, 15) is 14.0 Å². The van der Waals surface area contributed by atoms with Crippen LogP contribution in [0.15, 0.2) is 6.07 Å². The molecule has 19 heavy (non-hydrogen) atoms. The fraction of sp³-hybridized carbons (Fsp3) is 0.385. The molecule has 2 rings (SSSR count). The van der Waals surface area contributed by atoms with E-state index >= 15 is 0 Å². The fourth-order valence-corrected chi connectivity index (χ4v) is 2.52. The van der Waals surface area contributed by atoms with Crippen molar-refractivity contribution in [3.05, 3.63) is 28.0 Å². The molecule has 1 atom stereocenters. The summed E-state index contributed by atoms with van der Waals surface area (Å²) >= 11 is 9.04. The van der Waals surface area contributed by atoms with Gasteiger partial charge in [0, 0.05) is 0 Å². The molecule has 0 bridgehead atoms. The van der Waals surface area contributed by atoms with Crippen molar-refractivity contribution in [3.63, 3.8) is 0 Å². The lowest BCUT2D eigenvalue weighted by Gasteiger charge is -2.17. The largest absolute Gasteiger partial charge is 0.324 e. The second-order valence-corrected chi connectivity index (χ2v) is 6.79. The van der Waals surface area contributed by atoms with E-state index in [4.69, 9.17) is 11.6 Å². The number of hydrogen-bond donors (Lipinski definition) is 1. The van der Waals surface area contributed by atoms with Crippen molar-refractivity contribution in [2.75, 3.05) is 5.32 Å². The maximum Gasteiger partial charge on any atom is 0.234 e. The molecule has 0 aliphatic carbocycles. The van der Waals surface area contributed by atoms with Gasteiger partial charge in [0.2, 0.25) is 5.91 Å². The highest BCUT2D eigenvalue weighted by Crippen LogP contribution is 2.43. The topological polar surface area (TPSA) is 46.2 Å². The van der Waals surface area contributed by atoms with Crippen LogP contribution in [0.25, 0.3) is 0 Å². The predicted molar refractivity (Wildman–Crippen MR) is 75.8 cm³/mol. The number of amides is 1. The summed E-state index contributed by atoms with van der Waals surface area (Å²) in [7, 11) is 0. The van der Waals surface area contributed by atoms with Crippen LogP contribution in [0.3, 0.4) is 0 Å². The molecule has 0 fully saturated rings. The Labute approximate surface area is 123 Å². The molecule has 1 unspecified atom stereocenters. The first kappa shape index (κ1) is 14.5. The minimum absolute atomic E-state index is 0.0994. The number of alkyl halides is 1. The maximum absolute atomic E-state index is 14.1. The van der Waals surface area contributed by atoms with Gasteiger partial charge in [0.15, 0.2) is 11.6 Å². The van der Waals surface area contributed by atoms with Crippen LogP contribution in [0.1, 0.15) is 36.7 Å². The van der Waals surface area contributed by atoms with Crippen molar-refractivity contribution in [1.82, 2.24) is 0 Å². The second-order valence-electron chi connectivity index (χ2n) is 5.03. The SMILES string of the molecule is CC(Br)C(=O)c1cc2c(c(Cl)c1F)NC(=O)C2(C)C. The summed E-state index contributed by atoms with van der Waals surface area (Å²) in [5.74, 6) is -1.47. The molecule has 0 saturated carbocycles. The monoisotopic (exact) mass is 347 g/mol. The van der Waals surface area contributed by atoms with Gasteiger partial charge >= 0.3 is 0 Å². The number of rotatable bonds is 2. The van der Waals surface area contributed by atoms with Gasteiger partial charge in [0.1, 0.15) is 5.02 Å². The molecule has 6 heteroatoms. The zero-order valence-corrected chi connectivity index (χ0v) is 12.9. The molecule has 1 heterocycles. The number of fused-ring (bicyclic) bond motifs is 1. The highest BCUT2D eigenvalue weighted by molar-refractivity contribution is 9.10. The molecule has 1 N–H and O–H groups in total. The van der Waals surface area contributed by atoms with E-state index < -0.39 is 21.8 Å². The summed E-state index contributed by atoms with van der Waals surface area (Å²) in [5.41, 5.74) is -0.136. The number of carbonyl (C=O) groups excluding carboxylic acids is 2. The summed E-state index contributed by atoms with van der Waals surface area (Å²) in [6, 6.07) is 1.41. The van der Waals surface area contributed by atoms with Gasteiger partial charge in [-0.1, -0.05) is 27.5 Å². The van der Waals surface area contributed by atoms with Gasteiger partial charge in [-0.25, -0.2) is 4.39 Å². The smallest absolute Gasteiger partial charge is 0.234 e. The summed E-state index contributed by atoms with van der Waals surface area (Å²) in [5, 5.41) is 2.34. The Balaban J connectivity index is 2.71. The van der Waals surface area contributed by atoms with E-state index in [1.807, 2.05) is 0 Å². The number of anilines is 1. The lowest BCUT2D eigenvalue weighted by molar-refractivity contribution is -0.119. The molecule has 0 aromatic heterocycles. The van der Waals surface area contributed by atoms with E-state index in [0.717, 1.165) is 0 Å². The Morgan fingerprint density at radius 2 is 2.11 bits per heavy atom. The van der Waals surface area contributed by atoms with Gasteiger partial charge < -0.3 is 5.32 Å². The van der Waals surface area contributed by atoms with Crippen molar-refractivity contribution >= 4 is 44.9 Å². The molecule has 0 spiro atoms. The minimum atomic E-state index is -0.836. The van der Waals surface area contributed by atoms with E-state index in [0.29, 0.717) is 5.56 Å². The first-order chi connectivity index (χ1) is 8.67. The average molecular weight is 349 g/mol. The standard InChI is InChI=1S/C13H12BrClFNO2/c1-5(14)11(18)6-4-7-10(8(15)9(6)16)17-12(19)13(7,2)3/h4-5H,1-3H3,(H,17,19). The Morgan fingerprint density at radius 1 is 1.53 bits per heavy atom. The first-order valence-corrected chi connectivity index (χ1v) is 6.99. The van der Waals surface area contributed by atoms with Crippen LogP contribution >= 0.6 is 27.5 Å². The minimum Gasteiger partial charge on any atom is -0.324 e. The van der Waals surface area contributed by atoms with E-state index in [2.05, 4.69) is 21.2 Å². The van der Waals surface area contributed by atoms with Crippen molar-refractivity contribution < 1.29 is 14.0 Å². The van der Waals surface area contributed by atoms with E-state index in [1.165, 1.54) is 6.07 Å². The highest BCUT2D eigenvalue weighted by Gasteiger charge is 2.41. The zero-order valence-electron chi connectivity index (χ0n) is 10.6. The van der Waals surface area contributed by atoms with Gasteiger partial charge in [-0.05, 0) is 32.4 Å². The number of halogens is 3. The third-order valence-electron chi connectivity index (χ3n) is 3.31. The Kier molecular flexibility index (Phi) is 3.47. The van der Waals surface area contributed by atoms with Crippen molar-refractivity contribution in [3.8, 4) is 0 Å². The lowest BCUT2D eigenvalue weighted by Crippen LogP contribution is -2.27. The van der Waals surface area contributed by atoms with Crippen LogP contribution in [0.5, 0.6) is 0 Å². The fourth-order valence-electron chi connectivity index (χ4n) is 2.03.